The summed E-state index contributed by atoms with van der Waals surface area (Å²) in [5, 5.41) is 17.6. The number of aliphatic hydroxyl groups is 1. The van der Waals surface area contributed by atoms with Gasteiger partial charge < -0.3 is 5.11 Å². The molecular weight excluding hydrogens is 344 g/mol. The summed E-state index contributed by atoms with van der Waals surface area (Å²) in [7, 11) is 0. The number of hydrogen-bond donors (Lipinski definition) is 2. The van der Waals surface area contributed by atoms with Gasteiger partial charge in [-0.05, 0) is 84.5 Å². The molecule has 28 heavy (non-hydrogen) atoms. The van der Waals surface area contributed by atoms with Gasteiger partial charge in [-0.15, -0.1) is 0 Å². The van der Waals surface area contributed by atoms with E-state index >= 15 is 0 Å². The summed E-state index contributed by atoms with van der Waals surface area (Å²) in [4.78, 5) is 0. The molecule has 0 aromatic carbocycles. The van der Waals surface area contributed by atoms with Gasteiger partial charge in [0.25, 0.3) is 0 Å². The summed E-state index contributed by atoms with van der Waals surface area (Å²) in [5.41, 5.74) is 5.21. The lowest BCUT2D eigenvalue weighted by molar-refractivity contribution is -0.0517. The number of hydrogen-bond acceptors (Lipinski definition) is 2. The summed E-state index contributed by atoms with van der Waals surface area (Å²) in [6.07, 6.45) is 12.5. The van der Waals surface area contributed by atoms with Gasteiger partial charge in [-0.1, -0.05) is 46.3 Å². The van der Waals surface area contributed by atoms with Gasteiger partial charge in [-0.3, -0.25) is 5.10 Å². The van der Waals surface area contributed by atoms with E-state index in [1.807, 2.05) is 0 Å². The highest BCUT2D eigenvalue weighted by molar-refractivity contribution is 5.45. The van der Waals surface area contributed by atoms with Gasteiger partial charge in [0.15, 0.2) is 0 Å². The molecule has 0 bridgehead atoms. The Morgan fingerprint density at radius 3 is 2.71 bits per heavy atom. The van der Waals surface area contributed by atoms with E-state index < -0.39 is 0 Å². The summed E-state index contributed by atoms with van der Waals surface area (Å²) >= 11 is 0. The number of allylic oxidation sites excluding steroid dienone is 2. The van der Waals surface area contributed by atoms with Crippen LogP contribution in [-0.4, -0.2) is 21.9 Å². The second-order valence-corrected chi connectivity index (χ2v) is 11.6. The zero-order valence-electron chi connectivity index (χ0n) is 18.4. The van der Waals surface area contributed by atoms with Crippen LogP contribution in [0.15, 0.2) is 17.8 Å². The zero-order chi connectivity index (χ0) is 19.9. The predicted molar refractivity (Wildman–Crippen MR) is 113 cm³/mol. The van der Waals surface area contributed by atoms with Gasteiger partial charge in [0.05, 0.1) is 6.20 Å². The number of aliphatic hydroxyl groups excluding tert-OH is 1. The molecule has 1 aromatic heterocycles. The lowest BCUT2D eigenvalue weighted by atomic mass is 9.44. The Morgan fingerprint density at radius 2 is 1.96 bits per heavy atom. The first-order chi connectivity index (χ1) is 13.2. The summed E-state index contributed by atoms with van der Waals surface area (Å²) in [6.45, 7) is 12.6. The van der Waals surface area contributed by atoms with Crippen molar-refractivity contribution in [3.05, 3.63) is 29.1 Å². The van der Waals surface area contributed by atoms with Crippen molar-refractivity contribution in [1.82, 2.24) is 10.2 Å². The number of aromatic amines is 1. The van der Waals surface area contributed by atoms with E-state index in [0.717, 1.165) is 24.2 Å². The van der Waals surface area contributed by atoms with E-state index in [2.05, 4.69) is 57.1 Å². The normalized spacial score (nSPS) is 44.7. The molecule has 154 valence electrons. The number of nitrogens with one attached hydrogen (secondary N) is 1. The van der Waals surface area contributed by atoms with Crippen molar-refractivity contribution in [2.45, 2.75) is 78.6 Å². The van der Waals surface area contributed by atoms with Gasteiger partial charge in [0, 0.05) is 17.7 Å². The van der Waals surface area contributed by atoms with Crippen LogP contribution in [0.4, 0.5) is 0 Å². The topological polar surface area (TPSA) is 48.9 Å². The number of nitrogens with zero attached hydrogens (tertiary/aromatic N) is 1. The standard InChI is InChI=1S/C25H38N2O/c1-15(14-28)18-7-8-19-17-6-9-21-23(2,3)22-16(13-26-27-22)12-25(21,5)20(17)10-11-24(18,19)4/h9,13,15,17-20,28H,6-8,10-12,14H2,1-5H3,(H,26,27)/t15-,17+,18-,19+,20+,24-,25-/m1/s1. The summed E-state index contributed by atoms with van der Waals surface area (Å²) in [5.74, 6) is 3.57. The maximum atomic E-state index is 9.84. The minimum absolute atomic E-state index is 0.0637. The molecule has 1 heterocycles. The maximum Gasteiger partial charge on any atom is 0.0522 e. The van der Waals surface area contributed by atoms with Crippen molar-refractivity contribution in [2.75, 3.05) is 6.61 Å². The third-order valence-corrected chi connectivity index (χ3v) is 10.1. The minimum Gasteiger partial charge on any atom is -0.396 e. The van der Waals surface area contributed by atoms with Crippen molar-refractivity contribution in [2.24, 2.45) is 40.4 Å². The van der Waals surface area contributed by atoms with Crippen LogP contribution in [0.2, 0.25) is 0 Å². The van der Waals surface area contributed by atoms with Crippen molar-refractivity contribution in [3.63, 3.8) is 0 Å². The number of rotatable bonds is 2. The molecule has 7 atom stereocenters. The molecule has 0 amide bonds. The summed E-state index contributed by atoms with van der Waals surface area (Å²) in [6, 6.07) is 0. The zero-order valence-corrected chi connectivity index (χ0v) is 18.4. The molecule has 0 radical (unpaired) electrons. The Labute approximate surface area is 170 Å². The van der Waals surface area contributed by atoms with E-state index in [0.29, 0.717) is 23.9 Å². The molecule has 2 saturated carbocycles. The van der Waals surface area contributed by atoms with Crippen LogP contribution in [-0.2, 0) is 11.8 Å². The lowest BCUT2D eigenvalue weighted by Gasteiger charge is -2.60. The van der Waals surface area contributed by atoms with E-state index in [9.17, 15) is 5.11 Å². The van der Waals surface area contributed by atoms with Gasteiger partial charge in [-0.2, -0.15) is 5.10 Å². The average Bonchev–Trinajstić information content (AvgIpc) is 3.24. The van der Waals surface area contributed by atoms with Crippen LogP contribution < -0.4 is 0 Å². The fourth-order valence-electron chi connectivity index (χ4n) is 8.91. The van der Waals surface area contributed by atoms with E-state index in [4.69, 9.17) is 0 Å². The second kappa shape index (κ2) is 5.97. The Kier molecular flexibility index (Phi) is 4.03. The van der Waals surface area contributed by atoms with Crippen LogP contribution in [0.5, 0.6) is 0 Å². The van der Waals surface area contributed by atoms with Gasteiger partial charge in [0.1, 0.15) is 0 Å². The Morgan fingerprint density at radius 1 is 1.18 bits per heavy atom. The van der Waals surface area contributed by atoms with Gasteiger partial charge >= 0.3 is 0 Å². The van der Waals surface area contributed by atoms with Crippen LogP contribution in [0.3, 0.4) is 0 Å². The molecule has 4 aliphatic rings. The molecule has 5 rings (SSSR count). The van der Waals surface area contributed by atoms with E-state index in [1.54, 1.807) is 5.57 Å². The smallest absolute Gasteiger partial charge is 0.0522 e. The van der Waals surface area contributed by atoms with Crippen molar-refractivity contribution >= 4 is 0 Å². The molecule has 0 spiro atoms. The first-order valence-corrected chi connectivity index (χ1v) is 11.6. The molecule has 2 N–H and O–H groups in total. The molecule has 4 aliphatic carbocycles. The monoisotopic (exact) mass is 382 g/mol. The highest BCUT2D eigenvalue weighted by Crippen LogP contribution is 2.68. The van der Waals surface area contributed by atoms with Crippen molar-refractivity contribution < 1.29 is 5.11 Å². The highest BCUT2D eigenvalue weighted by atomic mass is 16.3. The third kappa shape index (κ3) is 2.23. The molecule has 0 saturated heterocycles. The largest absolute Gasteiger partial charge is 0.396 e. The Hall–Kier alpha value is -1.09. The van der Waals surface area contributed by atoms with Crippen LogP contribution in [0.1, 0.15) is 78.0 Å². The molecule has 0 unspecified atom stereocenters. The molecule has 3 nitrogen and oxygen atoms in total. The fraction of sp³-hybridized carbons (Fsp3) is 0.800. The van der Waals surface area contributed by atoms with Crippen LogP contribution in [0, 0.1) is 40.4 Å². The minimum atomic E-state index is 0.0637. The second-order valence-electron chi connectivity index (χ2n) is 11.6. The average molecular weight is 383 g/mol. The van der Waals surface area contributed by atoms with Crippen molar-refractivity contribution in [1.29, 1.82) is 0 Å². The lowest BCUT2D eigenvalue weighted by Crippen LogP contribution is -2.53. The first-order valence-electron chi connectivity index (χ1n) is 11.6. The first kappa shape index (κ1) is 18.9. The van der Waals surface area contributed by atoms with Crippen molar-refractivity contribution in [3.8, 4) is 0 Å². The fourth-order valence-corrected chi connectivity index (χ4v) is 8.91. The van der Waals surface area contributed by atoms with Crippen LogP contribution in [0.25, 0.3) is 0 Å². The highest BCUT2D eigenvalue weighted by Gasteiger charge is 2.61. The quantitative estimate of drug-likeness (QED) is 0.685. The van der Waals surface area contributed by atoms with Crippen LogP contribution >= 0.6 is 0 Å². The van der Waals surface area contributed by atoms with Gasteiger partial charge in [0.2, 0.25) is 0 Å². The maximum absolute atomic E-state index is 9.84. The molecule has 2 fully saturated rings. The SMILES string of the molecule is C[C@H](CO)[C@H]1CC[C@H]2[C@@H]3CC=C4C(C)(C)c5[nH]ncc5C[C@]4(C)[C@H]3CC[C@]12C. The van der Waals surface area contributed by atoms with E-state index in [1.165, 1.54) is 43.4 Å². The van der Waals surface area contributed by atoms with Gasteiger partial charge in [-0.25, -0.2) is 0 Å². The summed E-state index contributed by atoms with van der Waals surface area (Å²) < 4.78 is 0. The number of H-pyrrole nitrogens is 1. The molecule has 1 aromatic rings. The number of aromatic nitrogens is 2. The Bertz CT molecular complexity index is 807. The third-order valence-electron chi connectivity index (χ3n) is 10.1. The number of fused-ring (bicyclic) bond motifs is 6. The molecule has 0 aliphatic heterocycles. The molecule has 3 heteroatoms. The van der Waals surface area contributed by atoms with E-state index in [-0.39, 0.29) is 10.8 Å². The Balaban J connectivity index is 1.53. The molecular formula is C25H38N2O. The predicted octanol–water partition coefficient (Wildman–Crippen LogP) is 5.27.